The standard InChI is InChI=1S/C16H20N2OS/c1-3-17-10-14-15(11-8-9-11)18-16(20-14)12-6-4-5-7-13(12)19-2/h4-7,11,17H,3,8-10H2,1-2H3. The summed E-state index contributed by atoms with van der Waals surface area (Å²) in [5.74, 6) is 1.59. The molecule has 1 aromatic heterocycles. The molecule has 0 bridgehead atoms. The van der Waals surface area contributed by atoms with Crippen molar-refractivity contribution >= 4 is 11.3 Å². The van der Waals surface area contributed by atoms with Crippen LogP contribution >= 0.6 is 11.3 Å². The maximum atomic E-state index is 5.46. The quantitative estimate of drug-likeness (QED) is 0.877. The number of nitrogens with one attached hydrogen (secondary N) is 1. The summed E-state index contributed by atoms with van der Waals surface area (Å²) >= 11 is 1.80. The zero-order chi connectivity index (χ0) is 13.9. The van der Waals surface area contributed by atoms with Crippen LogP contribution in [0.15, 0.2) is 24.3 Å². The molecular formula is C16H20N2OS. The highest BCUT2D eigenvalue weighted by molar-refractivity contribution is 7.15. The van der Waals surface area contributed by atoms with E-state index >= 15 is 0 Å². The molecule has 106 valence electrons. The molecule has 4 heteroatoms. The SMILES string of the molecule is CCNCc1sc(-c2ccccc2OC)nc1C1CC1. The van der Waals surface area contributed by atoms with Crippen LogP contribution in [0.1, 0.15) is 36.3 Å². The van der Waals surface area contributed by atoms with Crippen LogP contribution in [0.25, 0.3) is 10.6 Å². The Morgan fingerprint density at radius 3 is 2.85 bits per heavy atom. The Hall–Kier alpha value is -1.39. The predicted molar refractivity (Wildman–Crippen MR) is 83.5 cm³/mol. The fourth-order valence-electron chi connectivity index (χ4n) is 2.34. The molecule has 0 spiro atoms. The van der Waals surface area contributed by atoms with Crippen LogP contribution in [-0.4, -0.2) is 18.6 Å². The second-order valence-corrected chi connectivity index (χ2v) is 6.17. The number of hydrogen-bond donors (Lipinski definition) is 1. The molecule has 3 nitrogen and oxygen atoms in total. The van der Waals surface area contributed by atoms with Crippen LogP contribution in [0.2, 0.25) is 0 Å². The summed E-state index contributed by atoms with van der Waals surface area (Å²) in [4.78, 5) is 6.29. The number of para-hydroxylation sites is 1. The molecule has 0 unspecified atom stereocenters. The van der Waals surface area contributed by atoms with E-state index in [9.17, 15) is 0 Å². The highest BCUT2D eigenvalue weighted by Crippen LogP contribution is 2.45. The van der Waals surface area contributed by atoms with Crippen molar-refractivity contribution in [2.75, 3.05) is 13.7 Å². The van der Waals surface area contributed by atoms with E-state index in [-0.39, 0.29) is 0 Å². The van der Waals surface area contributed by atoms with E-state index in [1.54, 1.807) is 18.4 Å². The first-order valence-corrected chi connectivity index (χ1v) is 7.98. The van der Waals surface area contributed by atoms with Crippen molar-refractivity contribution in [3.8, 4) is 16.3 Å². The summed E-state index contributed by atoms with van der Waals surface area (Å²) in [7, 11) is 1.72. The average Bonchev–Trinajstić information content (AvgIpc) is 3.25. The number of thiazole rings is 1. The van der Waals surface area contributed by atoms with Crippen molar-refractivity contribution in [1.29, 1.82) is 0 Å². The summed E-state index contributed by atoms with van der Waals surface area (Å²) < 4.78 is 5.46. The van der Waals surface area contributed by atoms with E-state index in [1.165, 1.54) is 23.4 Å². The third-order valence-corrected chi connectivity index (χ3v) is 4.67. The second kappa shape index (κ2) is 5.94. The Kier molecular flexibility index (Phi) is 4.03. The summed E-state index contributed by atoms with van der Waals surface area (Å²) in [6.45, 7) is 4.06. The van der Waals surface area contributed by atoms with Gasteiger partial charge in [0.2, 0.25) is 0 Å². The summed E-state index contributed by atoms with van der Waals surface area (Å²) in [5.41, 5.74) is 2.40. The van der Waals surface area contributed by atoms with Gasteiger partial charge in [0.1, 0.15) is 10.8 Å². The highest BCUT2D eigenvalue weighted by atomic mass is 32.1. The largest absolute Gasteiger partial charge is 0.496 e. The smallest absolute Gasteiger partial charge is 0.129 e. The molecule has 1 N–H and O–H groups in total. The first-order chi connectivity index (χ1) is 9.83. The topological polar surface area (TPSA) is 34.1 Å². The van der Waals surface area contributed by atoms with Gasteiger partial charge < -0.3 is 10.1 Å². The van der Waals surface area contributed by atoms with Gasteiger partial charge in [0.05, 0.1) is 18.4 Å². The molecule has 1 aliphatic rings. The number of hydrogen-bond acceptors (Lipinski definition) is 4. The normalized spacial score (nSPS) is 14.5. The second-order valence-electron chi connectivity index (χ2n) is 5.08. The minimum Gasteiger partial charge on any atom is -0.496 e. The predicted octanol–water partition coefficient (Wildman–Crippen LogP) is 3.81. The Morgan fingerprint density at radius 2 is 2.15 bits per heavy atom. The third-order valence-electron chi connectivity index (χ3n) is 3.56. The molecule has 1 saturated carbocycles. The van der Waals surface area contributed by atoms with Gasteiger partial charge in [-0.15, -0.1) is 11.3 Å². The summed E-state index contributed by atoms with van der Waals surface area (Å²) in [5, 5.41) is 4.50. The lowest BCUT2D eigenvalue weighted by Crippen LogP contribution is -2.11. The number of methoxy groups -OCH3 is 1. The van der Waals surface area contributed by atoms with Gasteiger partial charge in [0.25, 0.3) is 0 Å². The zero-order valence-corrected chi connectivity index (χ0v) is 12.8. The zero-order valence-electron chi connectivity index (χ0n) is 12.0. The monoisotopic (exact) mass is 288 g/mol. The van der Waals surface area contributed by atoms with Crippen molar-refractivity contribution in [2.24, 2.45) is 0 Å². The molecule has 3 rings (SSSR count). The van der Waals surface area contributed by atoms with Crippen LogP contribution < -0.4 is 10.1 Å². The van der Waals surface area contributed by atoms with Gasteiger partial charge in [0.15, 0.2) is 0 Å². The molecular weight excluding hydrogens is 268 g/mol. The molecule has 1 fully saturated rings. The maximum absolute atomic E-state index is 5.46. The molecule has 2 aromatic rings. The Labute approximate surface area is 124 Å². The van der Waals surface area contributed by atoms with Crippen LogP contribution in [0.5, 0.6) is 5.75 Å². The molecule has 1 aromatic carbocycles. The number of rotatable bonds is 6. The molecule has 0 amide bonds. The first kappa shape index (κ1) is 13.6. The number of nitrogens with zero attached hydrogens (tertiary/aromatic N) is 1. The van der Waals surface area contributed by atoms with Crippen molar-refractivity contribution in [3.05, 3.63) is 34.8 Å². The van der Waals surface area contributed by atoms with Crippen LogP contribution in [0, 0.1) is 0 Å². The van der Waals surface area contributed by atoms with Gasteiger partial charge in [0, 0.05) is 17.3 Å². The first-order valence-electron chi connectivity index (χ1n) is 7.17. The van der Waals surface area contributed by atoms with Crippen LogP contribution in [0.3, 0.4) is 0 Å². The Morgan fingerprint density at radius 1 is 1.35 bits per heavy atom. The van der Waals surface area contributed by atoms with E-state index in [2.05, 4.69) is 18.3 Å². The highest BCUT2D eigenvalue weighted by Gasteiger charge is 2.30. The minimum absolute atomic E-state index is 0.684. The average molecular weight is 288 g/mol. The van der Waals surface area contributed by atoms with E-state index < -0.39 is 0 Å². The fourth-order valence-corrected chi connectivity index (χ4v) is 3.49. The molecule has 0 radical (unpaired) electrons. The van der Waals surface area contributed by atoms with Gasteiger partial charge >= 0.3 is 0 Å². The van der Waals surface area contributed by atoms with Gasteiger partial charge in [-0.3, -0.25) is 0 Å². The molecule has 1 aliphatic carbocycles. The van der Waals surface area contributed by atoms with E-state index in [0.29, 0.717) is 5.92 Å². The molecule has 1 heterocycles. The van der Waals surface area contributed by atoms with Crippen LogP contribution in [0.4, 0.5) is 0 Å². The molecule has 0 atom stereocenters. The lowest BCUT2D eigenvalue weighted by molar-refractivity contribution is 0.416. The molecule has 0 saturated heterocycles. The van der Waals surface area contributed by atoms with Gasteiger partial charge in [-0.05, 0) is 31.5 Å². The Balaban J connectivity index is 1.97. The summed E-state index contributed by atoms with van der Waals surface area (Å²) in [6.07, 6.45) is 2.57. The number of aromatic nitrogens is 1. The Bertz CT molecular complexity index is 590. The number of benzene rings is 1. The van der Waals surface area contributed by atoms with E-state index in [0.717, 1.165) is 29.4 Å². The van der Waals surface area contributed by atoms with Crippen molar-refractivity contribution in [2.45, 2.75) is 32.2 Å². The lowest BCUT2D eigenvalue weighted by atomic mass is 10.2. The van der Waals surface area contributed by atoms with Crippen molar-refractivity contribution in [3.63, 3.8) is 0 Å². The molecule has 0 aliphatic heterocycles. The minimum atomic E-state index is 0.684. The summed E-state index contributed by atoms with van der Waals surface area (Å²) in [6, 6.07) is 8.13. The molecule has 20 heavy (non-hydrogen) atoms. The van der Waals surface area contributed by atoms with E-state index in [1.807, 2.05) is 18.2 Å². The van der Waals surface area contributed by atoms with Gasteiger partial charge in [-0.2, -0.15) is 0 Å². The van der Waals surface area contributed by atoms with Crippen molar-refractivity contribution < 1.29 is 4.74 Å². The fraction of sp³-hybridized carbons (Fsp3) is 0.438. The van der Waals surface area contributed by atoms with Crippen LogP contribution in [-0.2, 0) is 6.54 Å². The van der Waals surface area contributed by atoms with E-state index in [4.69, 9.17) is 9.72 Å². The van der Waals surface area contributed by atoms with Gasteiger partial charge in [-0.1, -0.05) is 19.1 Å². The lowest BCUT2D eigenvalue weighted by Gasteiger charge is -2.04. The third kappa shape index (κ3) is 2.72. The van der Waals surface area contributed by atoms with Crippen molar-refractivity contribution in [1.82, 2.24) is 10.3 Å². The number of ether oxygens (including phenoxy) is 1. The van der Waals surface area contributed by atoms with Gasteiger partial charge in [-0.25, -0.2) is 4.98 Å². The maximum Gasteiger partial charge on any atom is 0.129 e.